The third kappa shape index (κ3) is 4.47. The molecule has 1 aromatic carbocycles. The van der Waals surface area contributed by atoms with Crippen molar-refractivity contribution < 1.29 is 0 Å². The number of nitrogens with two attached hydrogens (primary N) is 1. The number of hydrogen-bond donors (Lipinski definition) is 2. The fourth-order valence-electron chi connectivity index (χ4n) is 2.02. The van der Waals surface area contributed by atoms with Crippen molar-refractivity contribution in [1.82, 2.24) is 15.2 Å². The van der Waals surface area contributed by atoms with Gasteiger partial charge in [-0.15, -0.1) is 11.8 Å². The van der Waals surface area contributed by atoms with E-state index in [-0.39, 0.29) is 6.04 Å². The number of aryl methyl sites for hydroxylation is 1. The van der Waals surface area contributed by atoms with Gasteiger partial charge in [0.05, 0.1) is 23.0 Å². The Morgan fingerprint density at radius 2 is 2.14 bits per heavy atom. The predicted molar refractivity (Wildman–Crippen MR) is 92.5 cm³/mol. The summed E-state index contributed by atoms with van der Waals surface area (Å²) in [5.74, 6) is 6.50. The molecule has 3 N–H and O–H groups in total. The number of thioether (sulfide) groups is 1. The molecule has 1 heterocycles. The SMILES string of the molecule is CCCn1ncc(Cl)c1C(CSc1ccc(Br)cc1)NN. The third-order valence-electron chi connectivity index (χ3n) is 3.03. The largest absolute Gasteiger partial charge is 0.271 e. The minimum Gasteiger partial charge on any atom is -0.271 e. The molecule has 4 nitrogen and oxygen atoms in total. The van der Waals surface area contributed by atoms with Crippen LogP contribution in [-0.2, 0) is 6.54 Å². The first-order valence-electron chi connectivity index (χ1n) is 6.71. The standard InChI is InChI=1S/C14H18BrClN4S/c1-2-7-20-14(12(16)8-18-20)13(19-17)9-21-11-5-3-10(15)4-6-11/h3-6,8,13,19H,2,7,9,17H2,1H3. The van der Waals surface area contributed by atoms with Crippen LogP contribution in [0.25, 0.3) is 0 Å². The van der Waals surface area contributed by atoms with Crippen molar-refractivity contribution >= 4 is 39.3 Å². The molecule has 0 saturated carbocycles. The van der Waals surface area contributed by atoms with Gasteiger partial charge in [-0.3, -0.25) is 16.0 Å². The van der Waals surface area contributed by atoms with E-state index in [2.05, 4.69) is 45.5 Å². The number of rotatable bonds is 7. The average molecular weight is 390 g/mol. The van der Waals surface area contributed by atoms with Crippen LogP contribution in [0, 0.1) is 0 Å². The summed E-state index contributed by atoms with van der Waals surface area (Å²) in [7, 11) is 0. The van der Waals surface area contributed by atoms with E-state index in [1.54, 1.807) is 18.0 Å². The first-order valence-corrected chi connectivity index (χ1v) is 8.87. The summed E-state index contributed by atoms with van der Waals surface area (Å²) in [5.41, 5.74) is 3.80. The smallest absolute Gasteiger partial charge is 0.0834 e. The molecule has 7 heteroatoms. The van der Waals surface area contributed by atoms with Crippen molar-refractivity contribution in [1.29, 1.82) is 0 Å². The van der Waals surface area contributed by atoms with Crippen LogP contribution >= 0.6 is 39.3 Å². The van der Waals surface area contributed by atoms with E-state index >= 15 is 0 Å². The zero-order chi connectivity index (χ0) is 15.2. The van der Waals surface area contributed by atoms with Gasteiger partial charge in [0.2, 0.25) is 0 Å². The molecule has 0 aliphatic heterocycles. The van der Waals surface area contributed by atoms with Crippen LogP contribution in [0.1, 0.15) is 25.1 Å². The molecule has 21 heavy (non-hydrogen) atoms. The van der Waals surface area contributed by atoms with E-state index in [4.69, 9.17) is 17.4 Å². The van der Waals surface area contributed by atoms with Gasteiger partial charge in [-0.25, -0.2) is 0 Å². The Kier molecular flexibility index (Phi) is 6.57. The summed E-state index contributed by atoms with van der Waals surface area (Å²) in [5, 5.41) is 4.97. The Bertz CT molecular complexity index is 573. The van der Waals surface area contributed by atoms with Crippen molar-refractivity contribution in [3.8, 4) is 0 Å². The van der Waals surface area contributed by atoms with Gasteiger partial charge in [0, 0.05) is 21.7 Å². The van der Waals surface area contributed by atoms with Crippen LogP contribution in [0.5, 0.6) is 0 Å². The Balaban J connectivity index is 2.09. The molecular formula is C14H18BrClN4S. The van der Waals surface area contributed by atoms with Crippen LogP contribution in [0.15, 0.2) is 39.8 Å². The van der Waals surface area contributed by atoms with E-state index in [0.717, 1.165) is 28.9 Å². The quantitative estimate of drug-likeness (QED) is 0.427. The maximum absolute atomic E-state index is 6.26. The lowest BCUT2D eigenvalue weighted by molar-refractivity contribution is 0.509. The molecule has 0 aliphatic rings. The normalized spacial score (nSPS) is 12.6. The number of benzene rings is 1. The van der Waals surface area contributed by atoms with Crippen LogP contribution in [0.4, 0.5) is 0 Å². The van der Waals surface area contributed by atoms with Crippen LogP contribution in [0.2, 0.25) is 5.02 Å². The highest BCUT2D eigenvalue weighted by Gasteiger charge is 2.19. The van der Waals surface area contributed by atoms with Crippen molar-refractivity contribution in [2.75, 3.05) is 5.75 Å². The van der Waals surface area contributed by atoms with Gasteiger partial charge < -0.3 is 0 Å². The molecule has 1 atom stereocenters. The van der Waals surface area contributed by atoms with Crippen LogP contribution < -0.4 is 11.3 Å². The summed E-state index contributed by atoms with van der Waals surface area (Å²) in [6.07, 6.45) is 2.68. The van der Waals surface area contributed by atoms with Gasteiger partial charge in [0.15, 0.2) is 0 Å². The number of aromatic nitrogens is 2. The van der Waals surface area contributed by atoms with Gasteiger partial charge in [-0.1, -0.05) is 34.5 Å². The molecule has 0 saturated heterocycles. The molecule has 0 radical (unpaired) electrons. The second-order valence-electron chi connectivity index (χ2n) is 4.59. The lowest BCUT2D eigenvalue weighted by Gasteiger charge is -2.18. The molecule has 2 rings (SSSR count). The lowest BCUT2D eigenvalue weighted by Crippen LogP contribution is -2.31. The summed E-state index contributed by atoms with van der Waals surface area (Å²) in [4.78, 5) is 1.19. The van der Waals surface area contributed by atoms with Gasteiger partial charge in [0.1, 0.15) is 0 Å². The number of nitrogens with one attached hydrogen (secondary N) is 1. The number of hydrogen-bond acceptors (Lipinski definition) is 4. The summed E-state index contributed by atoms with van der Waals surface area (Å²) >= 11 is 11.4. The van der Waals surface area contributed by atoms with Crippen molar-refractivity contribution in [2.24, 2.45) is 5.84 Å². The first-order chi connectivity index (χ1) is 10.2. The highest BCUT2D eigenvalue weighted by atomic mass is 79.9. The zero-order valence-corrected chi connectivity index (χ0v) is 14.9. The molecule has 0 fully saturated rings. The van der Waals surface area contributed by atoms with E-state index in [1.165, 1.54) is 4.90 Å². The summed E-state index contributed by atoms with van der Waals surface area (Å²) in [6.45, 7) is 2.95. The molecule has 0 aliphatic carbocycles. The van der Waals surface area contributed by atoms with Gasteiger partial charge >= 0.3 is 0 Å². The lowest BCUT2D eigenvalue weighted by atomic mass is 10.2. The fourth-order valence-corrected chi connectivity index (χ4v) is 3.50. The average Bonchev–Trinajstić information content (AvgIpc) is 2.84. The number of halogens is 2. The topological polar surface area (TPSA) is 55.9 Å². The van der Waals surface area contributed by atoms with E-state index in [9.17, 15) is 0 Å². The Morgan fingerprint density at radius 1 is 1.43 bits per heavy atom. The van der Waals surface area contributed by atoms with Crippen LogP contribution in [-0.4, -0.2) is 15.5 Å². The minimum absolute atomic E-state index is 0.0415. The van der Waals surface area contributed by atoms with Crippen molar-refractivity contribution in [3.63, 3.8) is 0 Å². The van der Waals surface area contributed by atoms with Gasteiger partial charge in [0.25, 0.3) is 0 Å². The zero-order valence-electron chi connectivity index (χ0n) is 11.7. The maximum Gasteiger partial charge on any atom is 0.0834 e. The number of hydrazine groups is 1. The summed E-state index contributed by atoms with van der Waals surface area (Å²) in [6, 6.07) is 8.17. The van der Waals surface area contributed by atoms with Crippen LogP contribution in [0.3, 0.4) is 0 Å². The molecule has 2 aromatic rings. The Hall–Kier alpha value is -0.530. The van der Waals surface area contributed by atoms with Gasteiger partial charge in [-0.05, 0) is 30.7 Å². The maximum atomic E-state index is 6.26. The molecular weight excluding hydrogens is 372 g/mol. The second kappa shape index (κ2) is 8.19. The molecule has 0 spiro atoms. The van der Waals surface area contributed by atoms with E-state index in [0.29, 0.717) is 5.02 Å². The van der Waals surface area contributed by atoms with E-state index < -0.39 is 0 Å². The summed E-state index contributed by atoms with van der Waals surface area (Å²) < 4.78 is 3.00. The Labute approximate surface area is 142 Å². The highest BCUT2D eigenvalue weighted by molar-refractivity contribution is 9.10. The third-order valence-corrected chi connectivity index (χ3v) is 4.96. The highest BCUT2D eigenvalue weighted by Crippen LogP contribution is 2.29. The first kappa shape index (κ1) is 16.8. The molecule has 1 aromatic heterocycles. The monoisotopic (exact) mass is 388 g/mol. The van der Waals surface area contributed by atoms with Crippen molar-refractivity contribution in [2.45, 2.75) is 30.8 Å². The number of nitrogens with zero attached hydrogens (tertiary/aromatic N) is 2. The van der Waals surface area contributed by atoms with Gasteiger partial charge in [-0.2, -0.15) is 5.10 Å². The van der Waals surface area contributed by atoms with E-state index in [1.807, 2.05) is 16.8 Å². The molecule has 1 unspecified atom stereocenters. The minimum atomic E-state index is -0.0415. The Morgan fingerprint density at radius 3 is 2.76 bits per heavy atom. The second-order valence-corrected chi connectivity index (χ2v) is 7.00. The predicted octanol–water partition coefficient (Wildman–Crippen LogP) is 4.01. The van der Waals surface area contributed by atoms with Crippen molar-refractivity contribution in [3.05, 3.63) is 45.7 Å². The fraction of sp³-hybridized carbons (Fsp3) is 0.357. The molecule has 0 amide bonds. The molecule has 0 bridgehead atoms. The molecule has 114 valence electrons.